The summed E-state index contributed by atoms with van der Waals surface area (Å²) in [6.45, 7) is 4.57. The molecule has 32 heavy (non-hydrogen) atoms. The largest absolute Gasteiger partial charge is 0.466 e. The SMILES string of the molecule is CCOC(=O)CCNc1ccc(NCCC(=O)OCC)c2c1C(=O)c1ccccc1C2=O. The van der Waals surface area contributed by atoms with Crippen LogP contribution in [0.15, 0.2) is 36.4 Å². The van der Waals surface area contributed by atoms with E-state index in [4.69, 9.17) is 9.47 Å². The Morgan fingerprint density at radius 1 is 0.719 bits per heavy atom. The first-order chi connectivity index (χ1) is 15.5. The second kappa shape index (κ2) is 10.6. The third-order valence-corrected chi connectivity index (χ3v) is 4.98. The molecule has 0 amide bonds. The Balaban J connectivity index is 1.90. The molecule has 1 aliphatic carbocycles. The maximum atomic E-state index is 13.3. The number of rotatable bonds is 10. The van der Waals surface area contributed by atoms with Crippen molar-refractivity contribution in [3.63, 3.8) is 0 Å². The minimum absolute atomic E-state index is 0.126. The fourth-order valence-corrected chi connectivity index (χ4v) is 3.58. The van der Waals surface area contributed by atoms with Gasteiger partial charge in [-0.25, -0.2) is 0 Å². The number of nitrogens with one attached hydrogen (secondary N) is 2. The summed E-state index contributed by atoms with van der Waals surface area (Å²) in [5.41, 5.74) is 2.10. The molecule has 3 rings (SSSR count). The van der Waals surface area contributed by atoms with Gasteiger partial charge in [-0.1, -0.05) is 24.3 Å². The Labute approximate surface area is 186 Å². The number of carbonyl (C=O) groups excluding carboxylic acids is 4. The Bertz CT molecular complexity index is 965. The van der Waals surface area contributed by atoms with Crippen LogP contribution in [0, 0.1) is 0 Å². The number of ether oxygens (including phenoxy) is 2. The molecule has 8 heteroatoms. The van der Waals surface area contributed by atoms with E-state index < -0.39 is 0 Å². The van der Waals surface area contributed by atoms with Gasteiger partial charge in [-0.05, 0) is 26.0 Å². The number of fused-ring (bicyclic) bond motifs is 2. The number of benzene rings is 2. The summed E-state index contributed by atoms with van der Waals surface area (Å²) < 4.78 is 9.86. The standard InChI is InChI=1S/C24H26N2O6/c1-3-31-19(27)11-13-25-17-9-10-18(26-14-12-20(28)32-4-2)22-21(17)23(29)15-7-5-6-8-16(15)24(22)30/h5-10,25-26H,3-4,11-14H2,1-2H3. The molecular formula is C24H26N2O6. The molecule has 2 aromatic carbocycles. The number of carbonyl (C=O) groups is 4. The molecule has 0 aromatic heterocycles. The molecule has 0 saturated heterocycles. The van der Waals surface area contributed by atoms with Gasteiger partial charge in [-0.3, -0.25) is 19.2 Å². The zero-order valence-electron chi connectivity index (χ0n) is 18.2. The van der Waals surface area contributed by atoms with Crippen LogP contribution in [0.3, 0.4) is 0 Å². The molecule has 2 aromatic rings. The van der Waals surface area contributed by atoms with E-state index in [1.165, 1.54) is 0 Å². The van der Waals surface area contributed by atoms with Crippen LogP contribution in [-0.2, 0) is 19.1 Å². The van der Waals surface area contributed by atoms with Gasteiger partial charge in [0.2, 0.25) is 0 Å². The minimum atomic E-state index is -0.348. The molecule has 0 fully saturated rings. The van der Waals surface area contributed by atoms with Crippen LogP contribution in [0.4, 0.5) is 11.4 Å². The highest BCUT2D eigenvalue weighted by Crippen LogP contribution is 2.36. The number of anilines is 2. The van der Waals surface area contributed by atoms with Crippen LogP contribution in [-0.4, -0.2) is 49.8 Å². The highest BCUT2D eigenvalue weighted by Gasteiger charge is 2.33. The molecule has 0 bridgehead atoms. The van der Waals surface area contributed by atoms with Gasteiger partial charge in [0.25, 0.3) is 0 Å². The highest BCUT2D eigenvalue weighted by atomic mass is 16.5. The lowest BCUT2D eigenvalue weighted by Crippen LogP contribution is -2.25. The molecule has 168 valence electrons. The molecule has 1 aliphatic rings. The van der Waals surface area contributed by atoms with Crippen molar-refractivity contribution in [3.05, 3.63) is 58.7 Å². The zero-order valence-corrected chi connectivity index (χ0v) is 18.2. The molecule has 2 N–H and O–H groups in total. The first kappa shape index (κ1) is 23.0. The van der Waals surface area contributed by atoms with Crippen LogP contribution in [0.2, 0.25) is 0 Å². The quantitative estimate of drug-likeness (QED) is 0.464. The Morgan fingerprint density at radius 2 is 1.12 bits per heavy atom. The van der Waals surface area contributed by atoms with Crippen molar-refractivity contribution < 1.29 is 28.7 Å². The Hall–Kier alpha value is -3.68. The summed E-state index contributed by atoms with van der Waals surface area (Å²) in [4.78, 5) is 49.9. The predicted octanol–water partition coefficient (Wildman–Crippen LogP) is 3.19. The van der Waals surface area contributed by atoms with E-state index >= 15 is 0 Å². The second-order valence-corrected chi connectivity index (χ2v) is 7.08. The van der Waals surface area contributed by atoms with E-state index in [0.29, 0.717) is 35.7 Å². The van der Waals surface area contributed by atoms with Crippen molar-refractivity contribution in [3.8, 4) is 0 Å². The van der Waals surface area contributed by atoms with E-state index in [2.05, 4.69) is 10.6 Å². The summed E-state index contributed by atoms with van der Waals surface area (Å²) in [6.07, 6.45) is 0.252. The maximum absolute atomic E-state index is 13.3. The smallest absolute Gasteiger partial charge is 0.307 e. The van der Waals surface area contributed by atoms with E-state index in [1.807, 2.05) is 0 Å². The van der Waals surface area contributed by atoms with Crippen molar-refractivity contribution in [2.45, 2.75) is 26.7 Å². The molecule has 0 unspecified atom stereocenters. The number of esters is 2. The molecule has 0 aliphatic heterocycles. The molecule has 0 saturated carbocycles. The van der Waals surface area contributed by atoms with Crippen molar-refractivity contribution >= 4 is 34.9 Å². The number of ketones is 2. The molecule has 8 nitrogen and oxygen atoms in total. The molecule has 0 heterocycles. The van der Waals surface area contributed by atoms with Gasteiger partial charge >= 0.3 is 11.9 Å². The van der Waals surface area contributed by atoms with E-state index in [1.54, 1.807) is 50.2 Å². The first-order valence-corrected chi connectivity index (χ1v) is 10.6. The normalized spacial score (nSPS) is 11.9. The lowest BCUT2D eigenvalue weighted by Gasteiger charge is -2.24. The predicted molar refractivity (Wildman–Crippen MR) is 119 cm³/mol. The van der Waals surface area contributed by atoms with E-state index in [-0.39, 0.29) is 60.6 Å². The molecule has 0 atom stereocenters. The van der Waals surface area contributed by atoms with Gasteiger partial charge < -0.3 is 20.1 Å². The fourth-order valence-electron chi connectivity index (χ4n) is 3.58. The molecule has 0 radical (unpaired) electrons. The van der Waals surface area contributed by atoms with Crippen molar-refractivity contribution in [1.29, 1.82) is 0 Å². The summed E-state index contributed by atoms with van der Waals surface area (Å²) in [6, 6.07) is 10.1. The zero-order chi connectivity index (χ0) is 23.1. The average Bonchev–Trinajstić information content (AvgIpc) is 2.78. The van der Waals surface area contributed by atoms with Gasteiger partial charge in [0.15, 0.2) is 11.6 Å². The van der Waals surface area contributed by atoms with Gasteiger partial charge in [0, 0.05) is 35.6 Å². The summed E-state index contributed by atoms with van der Waals surface area (Å²) in [7, 11) is 0. The maximum Gasteiger partial charge on any atom is 0.307 e. The van der Waals surface area contributed by atoms with Crippen molar-refractivity contribution in [2.75, 3.05) is 36.9 Å². The first-order valence-electron chi connectivity index (χ1n) is 10.6. The van der Waals surface area contributed by atoms with Gasteiger partial charge in [0.1, 0.15) is 0 Å². The Kier molecular flexibility index (Phi) is 7.59. The molecular weight excluding hydrogens is 412 g/mol. The third kappa shape index (κ3) is 4.96. The molecule has 0 spiro atoms. The fraction of sp³-hybridized carbons (Fsp3) is 0.333. The van der Waals surface area contributed by atoms with Crippen molar-refractivity contribution in [2.24, 2.45) is 0 Å². The third-order valence-electron chi connectivity index (χ3n) is 4.98. The summed E-state index contributed by atoms with van der Waals surface area (Å²) in [5.74, 6) is -1.25. The van der Waals surface area contributed by atoms with Crippen LogP contribution in [0.1, 0.15) is 58.5 Å². The van der Waals surface area contributed by atoms with Gasteiger partial charge in [0.05, 0.1) is 37.2 Å². The van der Waals surface area contributed by atoms with Crippen LogP contribution in [0.5, 0.6) is 0 Å². The topological polar surface area (TPSA) is 111 Å². The highest BCUT2D eigenvalue weighted by molar-refractivity contribution is 6.31. The van der Waals surface area contributed by atoms with Gasteiger partial charge in [-0.15, -0.1) is 0 Å². The van der Waals surface area contributed by atoms with Crippen LogP contribution < -0.4 is 10.6 Å². The van der Waals surface area contributed by atoms with Crippen molar-refractivity contribution in [1.82, 2.24) is 0 Å². The van der Waals surface area contributed by atoms with Gasteiger partial charge in [-0.2, -0.15) is 0 Å². The summed E-state index contributed by atoms with van der Waals surface area (Å²) in [5, 5.41) is 6.17. The average molecular weight is 438 g/mol. The number of hydrogen-bond donors (Lipinski definition) is 2. The Morgan fingerprint density at radius 3 is 1.50 bits per heavy atom. The second-order valence-electron chi connectivity index (χ2n) is 7.08. The summed E-state index contributed by atoms with van der Waals surface area (Å²) >= 11 is 0. The van der Waals surface area contributed by atoms with Crippen LogP contribution in [0.25, 0.3) is 0 Å². The number of hydrogen-bond acceptors (Lipinski definition) is 8. The monoisotopic (exact) mass is 438 g/mol. The van der Waals surface area contributed by atoms with E-state index in [9.17, 15) is 19.2 Å². The lowest BCUT2D eigenvalue weighted by atomic mass is 9.82. The van der Waals surface area contributed by atoms with E-state index in [0.717, 1.165) is 0 Å². The van der Waals surface area contributed by atoms with Crippen LogP contribution >= 0.6 is 0 Å². The minimum Gasteiger partial charge on any atom is -0.466 e. The lowest BCUT2D eigenvalue weighted by molar-refractivity contribution is -0.143.